The number of carbonyl (C=O) groups excluding carboxylic acids is 1. The Balaban J connectivity index is 1.61. The zero-order valence-electron chi connectivity index (χ0n) is 24.0. The Kier molecular flexibility index (Phi) is 8.13. The number of amides is 1. The Morgan fingerprint density at radius 2 is 2.00 bits per heavy atom. The molecule has 1 saturated carbocycles. The van der Waals surface area contributed by atoms with Crippen LogP contribution in [-0.4, -0.2) is 58.8 Å². The summed E-state index contributed by atoms with van der Waals surface area (Å²) in [4.78, 5) is 28.8. The molecule has 1 aliphatic heterocycles. The van der Waals surface area contributed by atoms with E-state index < -0.39 is 11.2 Å². The molecule has 2 aliphatic rings. The van der Waals surface area contributed by atoms with E-state index in [0.717, 1.165) is 55.4 Å². The fourth-order valence-corrected chi connectivity index (χ4v) is 5.57. The summed E-state index contributed by atoms with van der Waals surface area (Å²) in [5.41, 5.74) is 2.69. The Morgan fingerprint density at radius 1 is 1.23 bits per heavy atom. The van der Waals surface area contributed by atoms with Crippen molar-refractivity contribution in [3.63, 3.8) is 0 Å². The molecule has 5 rings (SSSR count). The van der Waals surface area contributed by atoms with Crippen molar-refractivity contribution in [2.75, 3.05) is 26.2 Å². The van der Waals surface area contributed by atoms with Crippen molar-refractivity contribution < 1.29 is 14.3 Å². The molecule has 2 heterocycles. The van der Waals surface area contributed by atoms with Crippen molar-refractivity contribution in [3.8, 4) is 11.1 Å². The molecule has 214 valence electrons. The van der Waals surface area contributed by atoms with Gasteiger partial charge in [-0.2, -0.15) is 0 Å². The van der Waals surface area contributed by atoms with Crippen LogP contribution >= 0.6 is 0 Å². The van der Waals surface area contributed by atoms with Gasteiger partial charge in [0.1, 0.15) is 5.82 Å². The van der Waals surface area contributed by atoms with Crippen LogP contribution in [-0.2, 0) is 13.1 Å². The first-order valence-electron chi connectivity index (χ1n) is 14.4. The molecule has 0 radical (unpaired) electrons. The summed E-state index contributed by atoms with van der Waals surface area (Å²) in [5.74, 6) is -0.686. The summed E-state index contributed by atoms with van der Waals surface area (Å²) in [6, 6.07) is 9.25. The van der Waals surface area contributed by atoms with Crippen LogP contribution in [0, 0.1) is 18.2 Å². The van der Waals surface area contributed by atoms with Crippen molar-refractivity contribution in [2.24, 2.45) is 5.41 Å². The number of aromatic nitrogens is 1. The number of carbonyl (C=O) groups is 1. The average molecular weight is 549 g/mol. The fourth-order valence-electron chi connectivity index (χ4n) is 5.57. The van der Waals surface area contributed by atoms with Gasteiger partial charge in [-0.05, 0) is 85.0 Å². The Morgan fingerprint density at radius 3 is 2.67 bits per heavy atom. The first-order valence-corrected chi connectivity index (χ1v) is 14.4. The minimum absolute atomic E-state index is 0.00688. The molecule has 1 aliphatic carbocycles. The molecular formula is C32H41FN4O3. The number of nitrogens with one attached hydrogen (secondary N) is 2. The normalized spacial score (nSPS) is 19.5. The summed E-state index contributed by atoms with van der Waals surface area (Å²) < 4.78 is 16.8. The second-order valence-electron chi connectivity index (χ2n) is 12.1. The highest BCUT2D eigenvalue weighted by molar-refractivity contribution is 5.97. The predicted octanol–water partition coefficient (Wildman–Crippen LogP) is 4.21. The largest absolute Gasteiger partial charge is 0.396 e. The van der Waals surface area contributed by atoms with Gasteiger partial charge < -0.3 is 20.3 Å². The molecule has 1 aromatic heterocycles. The van der Waals surface area contributed by atoms with Crippen molar-refractivity contribution >= 4 is 16.7 Å². The average Bonchev–Trinajstić information content (AvgIpc) is 3.76. The number of pyridine rings is 1. The molecule has 1 amide bonds. The molecule has 0 bridgehead atoms. The highest BCUT2D eigenvalue weighted by Crippen LogP contribution is 2.32. The van der Waals surface area contributed by atoms with E-state index in [1.807, 2.05) is 38.2 Å². The van der Waals surface area contributed by atoms with Gasteiger partial charge in [0.15, 0.2) is 0 Å². The fraction of sp³-hybridized carbons (Fsp3) is 0.500. The van der Waals surface area contributed by atoms with E-state index >= 15 is 4.39 Å². The first-order chi connectivity index (χ1) is 19.1. The summed E-state index contributed by atoms with van der Waals surface area (Å²) in [7, 11) is 0. The lowest BCUT2D eigenvalue weighted by molar-refractivity contribution is 0.0950. The lowest BCUT2D eigenvalue weighted by Gasteiger charge is -2.32. The van der Waals surface area contributed by atoms with Gasteiger partial charge in [-0.25, -0.2) is 4.39 Å². The van der Waals surface area contributed by atoms with Gasteiger partial charge in [-0.15, -0.1) is 0 Å². The van der Waals surface area contributed by atoms with Gasteiger partial charge >= 0.3 is 0 Å². The Hall–Kier alpha value is -3.07. The molecule has 7 nitrogen and oxygen atoms in total. The van der Waals surface area contributed by atoms with E-state index in [2.05, 4.69) is 22.5 Å². The zero-order valence-corrected chi connectivity index (χ0v) is 24.0. The first kappa shape index (κ1) is 28.5. The number of benzene rings is 2. The lowest BCUT2D eigenvalue weighted by Crippen LogP contribution is -2.48. The van der Waals surface area contributed by atoms with Crippen molar-refractivity contribution in [1.29, 1.82) is 0 Å². The van der Waals surface area contributed by atoms with Gasteiger partial charge in [0, 0.05) is 67.4 Å². The van der Waals surface area contributed by atoms with Crippen LogP contribution in [0.15, 0.2) is 41.3 Å². The van der Waals surface area contributed by atoms with Crippen molar-refractivity contribution in [1.82, 2.24) is 20.1 Å². The standard InChI is InChI=1S/C32H41FN4O3/c1-5-32(4,19-38)18-37-17-24(16-36-11-10-34-20(2)15-36)28-12-22(6-9-26(28)31(37)40)27-13-23(14-29(33)21(27)3)30(39)35-25-7-8-25/h6,9,12-14,17,20,25,34,38H,5,7-8,10-11,15-16,18-19H2,1-4H3,(H,35,39)/t20-,32?/m0/s1. The number of hydrogen-bond acceptors (Lipinski definition) is 5. The van der Waals surface area contributed by atoms with E-state index in [4.69, 9.17) is 0 Å². The minimum atomic E-state index is -0.424. The van der Waals surface area contributed by atoms with Crippen LogP contribution in [0.1, 0.15) is 61.5 Å². The van der Waals surface area contributed by atoms with Crippen LogP contribution in [0.3, 0.4) is 0 Å². The van der Waals surface area contributed by atoms with Crippen LogP contribution < -0.4 is 16.2 Å². The van der Waals surface area contributed by atoms with E-state index in [1.54, 1.807) is 17.6 Å². The maximum atomic E-state index is 15.1. The molecule has 1 saturated heterocycles. The van der Waals surface area contributed by atoms with Crippen LogP contribution in [0.2, 0.25) is 0 Å². The molecule has 8 heteroatoms. The molecule has 2 atom stereocenters. The van der Waals surface area contributed by atoms with Crippen LogP contribution in [0.4, 0.5) is 4.39 Å². The maximum Gasteiger partial charge on any atom is 0.258 e. The second kappa shape index (κ2) is 11.4. The predicted molar refractivity (Wildman–Crippen MR) is 157 cm³/mol. The van der Waals surface area contributed by atoms with Gasteiger partial charge in [0.2, 0.25) is 0 Å². The van der Waals surface area contributed by atoms with E-state index in [0.29, 0.717) is 41.2 Å². The van der Waals surface area contributed by atoms with E-state index in [9.17, 15) is 14.7 Å². The Bertz CT molecular complexity index is 1480. The number of fused-ring (bicyclic) bond motifs is 1. The third-order valence-electron chi connectivity index (χ3n) is 8.63. The molecule has 3 aromatic rings. The van der Waals surface area contributed by atoms with Crippen molar-refractivity contribution in [2.45, 2.75) is 72.1 Å². The minimum Gasteiger partial charge on any atom is -0.396 e. The van der Waals surface area contributed by atoms with E-state index in [1.165, 1.54) is 6.07 Å². The van der Waals surface area contributed by atoms with Gasteiger partial charge in [0.05, 0.1) is 6.61 Å². The third kappa shape index (κ3) is 5.99. The summed E-state index contributed by atoms with van der Waals surface area (Å²) in [6.07, 6.45) is 4.60. The zero-order chi connectivity index (χ0) is 28.6. The second-order valence-corrected chi connectivity index (χ2v) is 12.1. The highest BCUT2D eigenvalue weighted by Gasteiger charge is 2.26. The number of halogens is 1. The molecule has 2 fully saturated rings. The summed E-state index contributed by atoms with van der Waals surface area (Å²) in [6.45, 7) is 11.7. The molecule has 40 heavy (non-hydrogen) atoms. The molecular weight excluding hydrogens is 507 g/mol. The monoisotopic (exact) mass is 548 g/mol. The molecule has 3 N–H and O–H groups in total. The quantitative estimate of drug-likeness (QED) is 0.373. The number of aliphatic hydroxyl groups is 1. The summed E-state index contributed by atoms with van der Waals surface area (Å²) in [5, 5.41) is 17.9. The highest BCUT2D eigenvalue weighted by atomic mass is 19.1. The van der Waals surface area contributed by atoms with Crippen LogP contribution in [0.5, 0.6) is 0 Å². The van der Waals surface area contributed by atoms with Crippen LogP contribution in [0.25, 0.3) is 21.9 Å². The molecule has 2 aromatic carbocycles. The summed E-state index contributed by atoms with van der Waals surface area (Å²) >= 11 is 0. The number of rotatable bonds is 9. The maximum absolute atomic E-state index is 15.1. The van der Waals surface area contributed by atoms with Gasteiger partial charge in [0.25, 0.3) is 11.5 Å². The van der Waals surface area contributed by atoms with Gasteiger partial charge in [-0.3, -0.25) is 14.5 Å². The Labute approximate surface area is 235 Å². The third-order valence-corrected chi connectivity index (χ3v) is 8.63. The molecule has 0 spiro atoms. The topological polar surface area (TPSA) is 86.6 Å². The number of aliphatic hydroxyl groups excluding tert-OH is 1. The number of piperazine rings is 1. The molecule has 1 unspecified atom stereocenters. The number of nitrogens with zero attached hydrogens (tertiary/aromatic N) is 2. The lowest BCUT2D eigenvalue weighted by atomic mass is 9.88. The SMILES string of the molecule is CCC(C)(CO)Cn1cc(CN2CCN[C@@H](C)C2)c2cc(-c3cc(C(=O)NC4CC4)cc(F)c3C)ccc2c1=O. The van der Waals surface area contributed by atoms with E-state index in [-0.39, 0.29) is 24.1 Å². The van der Waals surface area contributed by atoms with Gasteiger partial charge in [-0.1, -0.05) is 19.9 Å². The number of hydrogen-bond donors (Lipinski definition) is 3. The van der Waals surface area contributed by atoms with Crippen molar-refractivity contribution in [3.05, 3.63) is 69.4 Å². The smallest absolute Gasteiger partial charge is 0.258 e.